The second kappa shape index (κ2) is 5.43. The normalized spacial score (nSPS) is 18.4. The van der Waals surface area contributed by atoms with Crippen LogP contribution in [0.25, 0.3) is 0 Å². The van der Waals surface area contributed by atoms with E-state index in [1.165, 1.54) is 19.3 Å². The number of carbonyl (C=O) groups excluding carboxylic acids is 1. The van der Waals surface area contributed by atoms with Gasteiger partial charge in [-0.3, -0.25) is 4.79 Å². The summed E-state index contributed by atoms with van der Waals surface area (Å²) in [5, 5.41) is 3.09. The van der Waals surface area contributed by atoms with E-state index in [2.05, 4.69) is 28.2 Å². The lowest BCUT2D eigenvalue weighted by atomic mass is 9.75. The molecule has 18 heavy (non-hydrogen) atoms. The van der Waals surface area contributed by atoms with Crippen LogP contribution < -0.4 is 5.32 Å². The van der Waals surface area contributed by atoms with E-state index in [4.69, 9.17) is 0 Å². The van der Waals surface area contributed by atoms with Crippen LogP contribution in [0, 0.1) is 12.3 Å². The van der Waals surface area contributed by atoms with Crippen molar-refractivity contribution in [2.24, 2.45) is 5.41 Å². The summed E-state index contributed by atoms with van der Waals surface area (Å²) in [6.45, 7) is 4.11. The van der Waals surface area contributed by atoms with Crippen LogP contribution in [-0.4, -0.2) is 5.91 Å². The predicted molar refractivity (Wildman–Crippen MR) is 78.7 cm³/mol. The van der Waals surface area contributed by atoms with Gasteiger partial charge in [-0.05, 0) is 37.5 Å². The zero-order chi connectivity index (χ0) is 13.2. The van der Waals surface area contributed by atoms with Gasteiger partial charge in [-0.15, -0.1) is 0 Å². The molecule has 1 fully saturated rings. The van der Waals surface area contributed by atoms with Crippen LogP contribution >= 0.6 is 15.9 Å². The molecule has 0 spiro atoms. The number of halogens is 1. The molecule has 2 nitrogen and oxygen atoms in total. The van der Waals surface area contributed by atoms with E-state index >= 15 is 0 Å². The van der Waals surface area contributed by atoms with Gasteiger partial charge in [-0.1, -0.05) is 48.2 Å². The Morgan fingerprint density at radius 1 is 1.28 bits per heavy atom. The maximum atomic E-state index is 12.4. The van der Waals surface area contributed by atoms with Gasteiger partial charge in [-0.25, -0.2) is 0 Å². The van der Waals surface area contributed by atoms with Crippen molar-refractivity contribution in [3.8, 4) is 0 Å². The van der Waals surface area contributed by atoms with Crippen molar-refractivity contribution in [3.63, 3.8) is 0 Å². The van der Waals surface area contributed by atoms with E-state index in [1.54, 1.807) is 0 Å². The van der Waals surface area contributed by atoms with Gasteiger partial charge in [0, 0.05) is 15.6 Å². The molecule has 0 radical (unpaired) electrons. The average Bonchev–Trinajstić information content (AvgIpc) is 2.36. The summed E-state index contributed by atoms with van der Waals surface area (Å²) in [6.07, 6.45) is 5.61. The van der Waals surface area contributed by atoms with Gasteiger partial charge in [0.1, 0.15) is 0 Å². The molecule has 0 heterocycles. The van der Waals surface area contributed by atoms with Crippen molar-refractivity contribution < 1.29 is 4.79 Å². The first-order chi connectivity index (χ1) is 8.53. The lowest BCUT2D eigenvalue weighted by molar-refractivity contribution is -0.126. The first kappa shape index (κ1) is 13.6. The van der Waals surface area contributed by atoms with Crippen LogP contribution in [0.1, 0.15) is 44.6 Å². The SMILES string of the molecule is Cc1c(Br)cccc1NC(=O)C1(C)CCCCC1. The van der Waals surface area contributed by atoms with Crippen molar-refractivity contribution in [2.75, 3.05) is 5.32 Å². The zero-order valence-corrected chi connectivity index (χ0v) is 12.6. The van der Waals surface area contributed by atoms with E-state index in [9.17, 15) is 4.79 Å². The number of hydrogen-bond donors (Lipinski definition) is 1. The molecule has 1 aromatic carbocycles. The summed E-state index contributed by atoms with van der Waals surface area (Å²) in [4.78, 5) is 12.4. The van der Waals surface area contributed by atoms with Gasteiger partial charge >= 0.3 is 0 Å². The van der Waals surface area contributed by atoms with Gasteiger partial charge in [0.2, 0.25) is 5.91 Å². The highest BCUT2D eigenvalue weighted by atomic mass is 79.9. The highest BCUT2D eigenvalue weighted by Gasteiger charge is 2.34. The Kier molecular flexibility index (Phi) is 4.10. The number of carbonyl (C=O) groups is 1. The van der Waals surface area contributed by atoms with Gasteiger partial charge < -0.3 is 5.32 Å². The van der Waals surface area contributed by atoms with Crippen molar-refractivity contribution in [1.82, 2.24) is 0 Å². The summed E-state index contributed by atoms with van der Waals surface area (Å²) in [6, 6.07) is 5.91. The number of hydrogen-bond acceptors (Lipinski definition) is 1. The van der Waals surface area contributed by atoms with E-state index in [0.29, 0.717) is 0 Å². The molecular formula is C15H20BrNO. The van der Waals surface area contributed by atoms with E-state index < -0.39 is 0 Å². The van der Waals surface area contributed by atoms with Crippen LogP contribution in [0.3, 0.4) is 0 Å². The first-order valence-electron chi connectivity index (χ1n) is 6.59. The summed E-state index contributed by atoms with van der Waals surface area (Å²) in [5.41, 5.74) is 1.82. The highest BCUT2D eigenvalue weighted by molar-refractivity contribution is 9.10. The lowest BCUT2D eigenvalue weighted by Crippen LogP contribution is -2.35. The van der Waals surface area contributed by atoms with Crippen LogP contribution in [0.2, 0.25) is 0 Å². The van der Waals surface area contributed by atoms with Gasteiger partial charge in [0.25, 0.3) is 0 Å². The Morgan fingerprint density at radius 2 is 1.94 bits per heavy atom. The van der Waals surface area contributed by atoms with Crippen molar-refractivity contribution in [1.29, 1.82) is 0 Å². The van der Waals surface area contributed by atoms with Gasteiger partial charge in [0.15, 0.2) is 0 Å². The summed E-state index contributed by atoms with van der Waals surface area (Å²) < 4.78 is 1.04. The first-order valence-corrected chi connectivity index (χ1v) is 7.39. The third-order valence-corrected chi connectivity index (χ3v) is 4.88. The Hall–Kier alpha value is -0.830. The molecular weight excluding hydrogens is 290 g/mol. The fourth-order valence-corrected chi connectivity index (χ4v) is 2.94. The number of anilines is 1. The number of benzene rings is 1. The highest BCUT2D eigenvalue weighted by Crippen LogP contribution is 2.37. The quantitative estimate of drug-likeness (QED) is 0.845. The number of nitrogens with one attached hydrogen (secondary N) is 1. The molecule has 0 unspecified atom stereocenters. The maximum Gasteiger partial charge on any atom is 0.230 e. The number of amides is 1. The van der Waals surface area contributed by atoms with Gasteiger partial charge in [0.05, 0.1) is 0 Å². The molecule has 0 bridgehead atoms. The van der Waals surface area contributed by atoms with Crippen LogP contribution in [0.5, 0.6) is 0 Å². The van der Waals surface area contributed by atoms with Crippen LogP contribution in [0.15, 0.2) is 22.7 Å². The Bertz CT molecular complexity index is 450. The monoisotopic (exact) mass is 309 g/mol. The van der Waals surface area contributed by atoms with Gasteiger partial charge in [-0.2, -0.15) is 0 Å². The molecule has 3 heteroatoms. The molecule has 0 atom stereocenters. The molecule has 1 amide bonds. The molecule has 1 aliphatic carbocycles. The third kappa shape index (κ3) is 2.77. The fourth-order valence-electron chi connectivity index (χ4n) is 2.58. The van der Waals surface area contributed by atoms with E-state index in [-0.39, 0.29) is 11.3 Å². The molecule has 98 valence electrons. The summed E-state index contributed by atoms with van der Waals surface area (Å²) in [5.74, 6) is 0.170. The molecule has 1 saturated carbocycles. The third-order valence-electron chi connectivity index (χ3n) is 4.02. The molecule has 2 rings (SSSR count). The van der Waals surface area contributed by atoms with E-state index in [1.807, 2.05) is 25.1 Å². The number of rotatable bonds is 2. The molecule has 0 aromatic heterocycles. The lowest BCUT2D eigenvalue weighted by Gasteiger charge is -2.32. The Labute approximate surface area is 117 Å². The fraction of sp³-hybridized carbons (Fsp3) is 0.533. The molecule has 1 aliphatic rings. The summed E-state index contributed by atoms with van der Waals surface area (Å²) >= 11 is 3.49. The predicted octanol–water partition coefficient (Wildman–Crippen LogP) is 4.67. The average molecular weight is 310 g/mol. The minimum absolute atomic E-state index is 0.170. The Morgan fingerprint density at radius 3 is 2.61 bits per heavy atom. The minimum Gasteiger partial charge on any atom is -0.325 e. The molecule has 0 aliphatic heterocycles. The Balaban J connectivity index is 2.13. The molecule has 1 N–H and O–H groups in total. The smallest absolute Gasteiger partial charge is 0.230 e. The second-order valence-electron chi connectivity index (χ2n) is 5.49. The van der Waals surface area contributed by atoms with Crippen LogP contribution in [0.4, 0.5) is 5.69 Å². The van der Waals surface area contributed by atoms with Crippen molar-refractivity contribution >= 4 is 27.5 Å². The standard InChI is InChI=1S/C15H20BrNO/c1-11-12(16)7-6-8-13(11)17-14(18)15(2)9-4-3-5-10-15/h6-8H,3-5,9-10H2,1-2H3,(H,17,18). The topological polar surface area (TPSA) is 29.1 Å². The van der Waals surface area contributed by atoms with Crippen LogP contribution in [-0.2, 0) is 4.79 Å². The van der Waals surface area contributed by atoms with E-state index in [0.717, 1.165) is 28.6 Å². The zero-order valence-electron chi connectivity index (χ0n) is 11.1. The maximum absolute atomic E-state index is 12.4. The van der Waals surface area contributed by atoms with Crippen molar-refractivity contribution in [3.05, 3.63) is 28.2 Å². The minimum atomic E-state index is -0.187. The second-order valence-corrected chi connectivity index (χ2v) is 6.34. The largest absolute Gasteiger partial charge is 0.325 e. The molecule has 0 saturated heterocycles. The molecule has 1 aromatic rings. The van der Waals surface area contributed by atoms with Crippen molar-refractivity contribution in [2.45, 2.75) is 46.0 Å². The summed E-state index contributed by atoms with van der Waals surface area (Å²) in [7, 11) is 0.